The molecule has 1 aliphatic heterocycles. The van der Waals surface area contributed by atoms with E-state index in [-0.39, 0.29) is 28.7 Å². The quantitative estimate of drug-likeness (QED) is 0.461. The van der Waals surface area contributed by atoms with Crippen LogP contribution in [0.15, 0.2) is 58.0 Å². The van der Waals surface area contributed by atoms with Gasteiger partial charge in [-0.15, -0.1) is 0 Å². The first-order chi connectivity index (χ1) is 16.0. The molecule has 0 saturated carbocycles. The normalized spacial score (nSPS) is 14.4. The third-order valence-electron chi connectivity index (χ3n) is 4.68. The highest BCUT2D eigenvalue weighted by Crippen LogP contribution is 2.35. The van der Waals surface area contributed by atoms with Gasteiger partial charge in [0, 0.05) is 4.47 Å². The molecule has 166 valence electrons. The van der Waals surface area contributed by atoms with E-state index in [1.54, 1.807) is 49.6 Å². The maximum Gasteiger partial charge on any atom is 0.359 e. The van der Waals surface area contributed by atoms with Crippen LogP contribution in [0.1, 0.15) is 16.2 Å². The molecule has 0 radical (unpaired) electrons. The molecule has 1 aromatic heterocycles. The lowest BCUT2D eigenvalue weighted by Gasteiger charge is -2.17. The number of nitriles is 1. The van der Waals surface area contributed by atoms with Crippen LogP contribution in [0.4, 0.5) is 11.4 Å². The van der Waals surface area contributed by atoms with E-state index < -0.39 is 5.97 Å². The van der Waals surface area contributed by atoms with Crippen molar-refractivity contribution in [3.8, 4) is 17.5 Å². The molecule has 1 aliphatic rings. The molecule has 0 aliphatic carbocycles. The summed E-state index contributed by atoms with van der Waals surface area (Å²) < 4.78 is 12.2. The number of esters is 1. The molecule has 0 unspecified atom stereocenters. The van der Waals surface area contributed by atoms with Crippen molar-refractivity contribution in [1.82, 2.24) is 9.78 Å². The molecule has 1 fully saturated rings. The number of amides is 1. The summed E-state index contributed by atoms with van der Waals surface area (Å²) in [5.74, 6) is -0.307. The van der Waals surface area contributed by atoms with Gasteiger partial charge in [0.25, 0.3) is 0 Å². The Morgan fingerprint density at radius 3 is 2.64 bits per heavy atom. The van der Waals surface area contributed by atoms with Crippen LogP contribution in [-0.4, -0.2) is 46.8 Å². The highest BCUT2D eigenvalue weighted by atomic mass is 79.9. The van der Waals surface area contributed by atoms with Crippen LogP contribution in [0.5, 0.6) is 5.75 Å². The van der Waals surface area contributed by atoms with Gasteiger partial charge in [-0.2, -0.15) is 10.4 Å². The summed E-state index contributed by atoms with van der Waals surface area (Å²) in [7, 11) is 2.79. The molecule has 3 aromatic rings. The molecule has 2 aromatic carbocycles. The molecule has 1 saturated heterocycles. The maximum atomic E-state index is 12.9. The molecular weight excluding hydrogens is 510 g/mol. The van der Waals surface area contributed by atoms with E-state index in [1.165, 1.54) is 28.5 Å². The van der Waals surface area contributed by atoms with Gasteiger partial charge < -0.3 is 9.47 Å². The highest BCUT2D eigenvalue weighted by Gasteiger charge is 2.38. The zero-order chi connectivity index (χ0) is 23.5. The first kappa shape index (κ1) is 22.6. The van der Waals surface area contributed by atoms with Crippen LogP contribution in [0.2, 0.25) is 0 Å². The second-order valence-electron chi connectivity index (χ2n) is 6.65. The Hall–Kier alpha value is -3.62. The van der Waals surface area contributed by atoms with Gasteiger partial charge in [0.1, 0.15) is 17.5 Å². The number of carbonyl (C=O) groups excluding carboxylic acids is 2. The molecule has 4 rings (SSSR count). The summed E-state index contributed by atoms with van der Waals surface area (Å²) in [6, 6.07) is 16.0. The predicted octanol–water partition coefficient (Wildman–Crippen LogP) is 4.07. The fraction of sp³-hybridized carbons (Fsp3) is 0.136. The van der Waals surface area contributed by atoms with Crippen molar-refractivity contribution >= 4 is 56.1 Å². The van der Waals surface area contributed by atoms with Crippen molar-refractivity contribution in [2.45, 2.75) is 0 Å². The van der Waals surface area contributed by atoms with Crippen LogP contribution in [0.25, 0.3) is 5.69 Å². The molecule has 1 amide bonds. The number of halogens is 1. The van der Waals surface area contributed by atoms with Crippen LogP contribution < -0.4 is 9.64 Å². The number of thioether (sulfide) groups is 1. The minimum absolute atomic E-state index is 0.0339. The van der Waals surface area contributed by atoms with Gasteiger partial charge in [0.05, 0.1) is 31.3 Å². The Morgan fingerprint density at radius 1 is 1.24 bits per heavy atom. The average Bonchev–Trinajstić information content (AvgIpc) is 3.38. The number of rotatable bonds is 5. The Labute approximate surface area is 201 Å². The van der Waals surface area contributed by atoms with Gasteiger partial charge in [-0.1, -0.05) is 33.8 Å². The number of hydrogen-bond acceptors (Lipinski definition) is 8. The largest absolute Gasteiger partial charge is 0.497 e. The Balaban J connectivity index is 1.90. The van der Waals surface area contributed by atoms with Gasteiger partial charge in [-0.25, -0.2) is 14.5 Å². The van der Waals surface area contributed by atoms with Gasteiger partial charge in [-0.3, -0.25) is 9.69 Å². The fourth-order valence-electron chi connectivity index (χ4n) is 3.20. The second-order valence-corrected chi connectivity index (χ2v) is 8.51. The number of ether oxygens (including phenoxy) is 2. The standard InChI is InChI=1S/C22H16BrN5O4S/c1-31-16-8-6-14(7-9-16)25-22-27(18(29)12-33-22)19-17(11-24)26-28(20(19)21(30)32-2)15-5-3-4-13(23)10-15/h3-10H,12H2,1-2H3. The summed E-state index contributed by atoms with van der Waals surface area (Å²) in [5.41, 5.74) is 0.974. The number of anilines is 1. The molecule has 0 atom stereocenters. The van der Waals surface area contributed by atoms with E-state index in [2.05, 4.69) is 26.0 Å². The van der Waals surface area contributed by atoms with Crippen molar-refractivity contribution in [1.29, 1.82) is 5.26 Å². The number of carbonyl (C=O) groups is 2. The number of nitrogens with zero attached hydrogens (tertiary/aromatic N) is 5. The zero-order valence-corrected chi connectivity index (χ0v) is 19.9. The van der Waals surface area contributed by atoms with Crippen LogP contribution in [0, 0.1) is 11.3 Å². The Morgan fingerprint density at radius 2 is 2.00 bits per heavy atom. The Bertz CT molecular complexity index is 1310. The average molecular weight is 526 g/mol. The first-order valence-electron chi connectivity index (χ1n) is 9.52. The monoisotopic (exact) mass is 525 g/mol. The van der Waals surface area contributed by atoms with Gasteiger partial charge in [0.2, 0.25) is 5.91 Å². The van der Waals surface area contributed by atoms with Crippen molar-refractivity contribution in [2.24, 2.45) is 4.99 Å². The van der Waals surface area contributed by atoms with E-state index in [0.29, 0.717) is 22.3 Å². The molecule has 9 nitrogen and oxygen atoms in total. The van der Waals surface area contributed by atoms with Gasteiger partial charge in [0.15, 0.2) is 16.6 Å². The number of aromatic nitrogens is 2. The molecule has 0 bridgehead atoms. The molecule has 2 heterocycles. The van der Waals surface area contributed by atoms with Gasteiger partial charge >= 0.3 is 5.97 Å². The van der Waals surface area contributed by atoms with Gasteiger partial charge in [-0.05, 0) is 42.5 Å². The van der Waals surface area contributed by atoms with E-state index >= 15 is 0 Å². The lowest BCUT2D eigenvalue weighted by molar-refractivity contribution is -0.115. The lowest BCUT2D eigenvalue weighted by Crippen LogP contribution is -2.31. The first-order valence-corrected chi connectivity index (χ1v) is 11.3. The number of methoxy groups -OCH3 is 2. The molecule has 0 N–H and O–H groups in total. The summed E-state index contributed by atoms with van der Waals surface area (Å²) in [6.45, 7) is 0. The maximum absolute atomic E-state index is 12.9. The SMILES string of the molecule is COC(=O)c1c(N2C(=O)CSC2=Nc2ccc(OC)cc2)c(C#N)nn1-c1cccc(Br)c1. The summed E-state index contributed by atoms with van der Waals surface area (Å²) in [6.07, 6.45) is 0. The molecular formula is C22H16BrN5O4S. The minimum Gasteiger partial charge on any atom is -0.497 e. The number of aliphatic imine (C=N–C) groups is 1. The number of hydrogen-bond donors (Lipinski definition) is 0. The number of amidine groups is 1. The van der Waals surface area contributed by atoms with Crippen molar-refractivity contribution in [3.05, 3.63) is 64.4 Å². The molecule has 33 heavy (non-hydrogen) atoms. The molecule has 0 spiro atoms. The topological polar surface area (TPSA) is 110 Å². The van der Waals surface area contributed by atoms with E-state index in [0.717, 1.165) is 4.47 Å². The van der Waals surface area contributed by atoms with Crippen molar-refractivity contribution in [3.63, 3.8) is 0 Å². The lowest BCUT2D eigenvalue weighted by atomic mass is 10.2. The van der Waals surface area contributed by atoms with Crippen molar-refractivity contribution in [2.75, 3.05) is 24.9 Å². The third kappa shape index (κ3) is 4.35. The van der Waals surface area contributed by atoms with Crippen LogP contribution >= 0.6 is 27.7 Å². The zero-order valence-electron chi connectivity index (χ0n) is 17.5. The van der Waals surface area contributed by atoms with Crippen LogP contribution in [0.3, 0.4) is 0 Å². The Kier molecular flexibility index (Phi) is 6.48. The summed E-state index contributed by atoms with van der Waals surface area (Å²) in [4.78, 5) is 31.6. The van der Waals surface area contributed by atoms with Crippen LogP contribution in [-0.2, 0) is 9.53 Å². The highest BCUT2D eigenvalue weighted by molar-refractivity contribution is 9.10. The van der Waals surface area contributed by atoms with E-state index in [4.69, 9.17) is 9.47 Å². The summed E-state index contributed by atoms with van der Waals surface area (Å²) >= 11 is 4.60. The predicted molar refractivity (Wildman–Crippen MR) is 127 cm³/mol. The van der Waals surface area contributed by atoms with E-state index in [9.17, 15) is 14.9 Å². The summed E-state index contributed by atoms with van der Waals surface area (Å²) in [5, 5.41) is 14.4. The smallest absolute Gasteiger partial charge is 0.359 e. The second kappa shape index (κ2) is 9.48. The minimum atomic E-state index is -0.743. The molecule has 11 heteroatoms. The van der Waals surface area contributed by atoms with Crippen molar-refractivity contribution < 1.29 is 19.1 Å². The van der Waals surface area contributed by atoms with E-state index in [1.807, 2.05) is 12.1 Å². The number of benzene rings is 2. The third-order valence-corrected chi connectivity index (χ3v) is 6.10. The fourth-order valence-corrected chi connectivity index (χ4v) is 4.46.